The molecule has 1 saturated heterocycles. The molecular formula is C10H17N7. The molecule has 1 aliphatic rings. The summed E-state index contributed by atoms with van der Waals surface area (Å²) in [7, 11) is 0. The number of likely N-dealkylation sites (tertiary alicyclic amines) is 1. The zero-order valence-electron chi connectivity index (χ0n) is 9.56. The highest BCUT2D eigenvalue weighted by atomic mass is 15.2. The van der Waals surface area contributed by atoms with Crippen molar-refractivity contribution in [2.75, 3.05) is 24.6 Å². The van der Waals surface area contributed by atoms with Gasteiger partial charge < -0.3 is 22.1 Å². The van der Waals surface area contributed by atoms with Crippen molar-refractivity contribution in [2.24, 2.45) is 5.73 Å². The van der Waals surface area contributed by atoms with Crippen LogP contribution in [0.5, 0.6) is 0 Å². The summed E-state index contributed by atoms with van der Waals surface area (Å²) in [5.74, 6) is 0.735. The van der Waals surface area contributed by atoms with Crippen molar-refractivity contribution in [3.8, 4) is 0 Å². The van der Waals surface area contributed by atoms with Gasteiger partial charge in [0.1, 0.15) is 29.4 Å². The monoisotopic (exact) mass is 235 g/mol. The van der Waals surface area contributed by atoms with Gasteiger partial charge in [0.25, 0.3) is 0 Å². The molecule has 2 heterocycles. The summed E-state index contributed by atoms with van der Waals surface area (Å²) in [6, 6.07) is 0.0937. The Hall–Kier alpha value is -1.89. The van der Waals surface area contributed by atoms with Crippen molar-refractivity contribution in [1.29, 1.82) is 5.41 Å². The number of hydrogen-bond acceptors (Lipinski definition) is 6. The van der Waals surface area contributed by atoms with E-state index in [1.807, 2.05) is 4.90 Å². The molecule has 0 bridgehead atoms. The van der Waals surface area contributed by atoms with Crippen molar-refractivity contribution in [2.45, 2.75) is 18.9 Å². The second-order valence-electron chi connectivity index (χ2n) is 4.22. The van der Waals surface area contributed by atoms with Crippen LogP contribution in [0, 0.1) is 5.41 Å². The van der Waals surface area contributed by atoms with Gasteiger partial charge in [-0.3, -0.25) is 5.41 Å². The van der Waals surface area contributed by atoms with E-state index in [0.29, 0.717) is 12.1 Å². The van der Waals surface area contributed by atoms with E-state index in [9.17, 15) is 0 Å². The third-order valence-electron chi connectivity index (χ3n) is 2.92. The Balaban J connectivity index is 2.24. The van der Waals surface area contributed by atoms with Crippen molar-refractivity contribution < 1.29 is 0 Å². The summed E-state index contributed by atoms with van der Waals surface area (Å²) in [6.45, 7) is 1.44. The summed E-state index contributed by atoms with van der Waals surface area (Å²) in [4.78, 5) is 9.60. The fraction of sp³-hybridized carbons (Fsp3) is 0.500. The maximum atomic E-state index is 8.13. The van der Waals surface area contributed by atoms with Gasteiger partial charge in [-0.15, -0.1) is 0 Å². The predicted molar refractivity (Wildman–Crippen MR) is 66.5 cm³/mol. The minimum absolute atomic E-state index is 0.0937. The Morgan fingerprint density at radius 3 is 2.59 bits per heavy atom. The molecule has 1 aromatic rings. The van der Waals surface area contributed by atoms with Crippen molar-refractivity contribution in [1.82, 2.24) is 14.9 Å². The Morgan fingerprint density at radius 2 is 2.00 bits per heavy atom. The van der Waals surface area contributed by atoms with Crippen LogP contribution < -0.4 is 17.2 Å². The topological polar surface area (TPSA) is 131 Å². The smallest absolute Gasteiger partial charge is 0.140 e. The van der Waals surface area contributed by atoms with E-state index in [1.165, 1.54) is 6.33 Å². The van der Waals surface area contributed by atoms with Crippen molar-refractivity contribution in [3.63, 3.8) is 0 Å². The zero-order valence-corrected chi connectivity index (χ0v) is 9.56. The van der Waals surface area contributed by atoms with E-state index in [4.69, 9.17) is 22.6 Å². The summed E-state index contributed by atoms with van der Waals surface area (Å²) >= 11 is 0. The average molecular weight is 235 g/mol. The molecule has 92 valence electrons. The lowest BCUT2D eigenvalue weighted by atomic mass is 10.1. The highest BCUT2D eigenvalue weighted by molar-refractivity contribution is 6.04. The normalized spacial score (nSPS) is 20.3. The summed E-state index contributed by atoms with van der Waals surface area (Å²) in [5.41, 5.74) is 17.8. The summed E-state index contributed by atoms with van der Waals surface area (Å²) in [6.07, 6.45) is 3.25. The Morgan fingerprint density at radius 1 is 1.35 bits per heavy atom. The van der Waals surface area contributed by atoms with Gasteiger partial charge in [0.15, 0.2) is 0 Å². The second-order valence-corrected chi connectivity index (χ2v) is 4.22. The lowest BCUT2D eigenvalue weighted by Gasteiger charge is -2.33. The van der Waals surface area contributed by atoms with Crippen LogP contribution in [0.15, 0.2) is 6.33 Å². The van der Waals surface area contributed by atoms with Gasteiger partial charge in [0.05, 0.1) is 0 Å². The number of aromatic nitrogens is 2. The summed E-state index contributed by atoms with van der Waals surface area (Å²) < 4.78 is 0. The molecule has 0 amide bonds. The Bertz CT molecular complexity index is 410. The van der Waals surface area contributed by atoms with Crippen LogP contribution in [0.1, 0.15) is 18.4 Å². The van der Waals surface area contributed by atoms with Gasteiger partial charge in [-0.2, -0.15) is 0 Å². The molecule has 0 radical (unpaired) electrons. The average Bonchev–Trinajstić information content (AvgIpc) is 2.28. The van der Waals surface area contributed by atoms with E-state index in [2.05, 4.69) is 9.97 Å². The van der Waals surface area contributed by atoms with E-state index < -0.39 is 0 Å². The molecule has 2 rings (SSSR count). The number of nitrogens with two attached hydrogens (primary N) is 3. The molecule has 1 atom stereocenters. The minimum atomic E-state index is 0.0937. The standard InChI is InChI=1S/C10H17N7/c11-6-2-1-3-17(4-6)10(14)7-8(12)15-5-16-9(7)13/h5-6,14H,1-4,11H2,(H4,12,13,15,16)/t6-/m1/s1. The van der Waals surface area contributed by atoms with E-state index in [-0.39, 0.29) is 23.5 Å². The molecule has 7 N–H and O–H groups in total. The minimum Gasteiger partial charge on any atom is -0.383 e. The van der Waals surface area contributed by atoms with E-state index >= 15 is 0 Å². The number of amidine groups is 1. The highest BCUT2D eigenvalue weighted by Crippen LogP contribution is 2.19. The maximum Gasteiger partial charge on any atom is 0.140 e. The van der Waals surface area contributed by atoms with Crippen LogP contribution in [0.4, 0.5) is 11.6 Å². The largest absolute Gasteiger partial charge is 0.383 e. The lowest BCUT2D eigenvalue weighted by molar-refractivity contribution is 0.308. The van der Waals surface area contributed by atoms with Crippen LogP contribution in [0.25, 0.3) is 0 Å². The molecule has 7 nitrogen and oxygen atoms in total. The number of hydrogen-bond donors (Lipinski definition) is 4. The van der Waals surface area contributed by atoms with Gasteiger partial charge in [-0.25, -0.2) is 9.97 Å². The molecule has 0 aliphatic carbocycles. The molecule has 17 heavy (non-hydrogen) atoms. The Labute approximate surface area is 99.5 Å². The van der Waals surface area contributed by atoms with Crippen molar-refractivity contribution >= 4 is 17.5 Å². The molecule has 1 fully saturated rings. The van der Waals surface area contributed by atoms with Gasteiger partial charge in [0, 0.05) is 19.1 Å². The van der Waals surface area contributed by atoms with Gasteiger partial charge >= 0.3 is 0 Å². The quantitative estimate of drug-likeness (QED) is 0.379. The number of rotatable bonds is 1. The molecule has 1 aromatic heterocycles. The first-order valence-electron chi connectivity index (χ1n) is 5.55. The van der Waals surface area contributed by atoms with E-state index in [1.54, 1.807) is 0 Å². The van der Waals surface area contributed by atoms with E-state index in [0.717, 1.165) is 19.4 Å². The summed E-state index contributed by atoms with van der Waals surface area (Å²) in [5, 5.41) is 8.13. The first-order valence-corrected chi connectivity index (χ1v) is 5.55. The number of nitrogen functional groups attached to an aromatic ring is 2. The van der Waals surface area contributed by atoms with Crippen LogP contribution in [0.2, 0.25) is 0 Å². The van der Waals surface area contributed by atoms with Crippen LogP contribution in [-0.2, 0) is 0 Å². The maximum absolute atomic E-state index is 8.13. The van der Waals surface area contributed by atoms with Crippen molar-refractivity contribution in [3.05, 3.63) is 11.9 Å². The van der Waals surface area contributed by atoms with Gasteiger partial charge in [-0.1, -0.05) is 0 Å². The molecule has 0 saturated carbocycles. The Kier molecular flexibility index (Phi) is 3.10. The molecule has 1 aliphatic heterocycles. The SMILES string of the molecule is N=C(c1c(N)ncnc1N)N1CCC[C@@H](N)C1. The number of piperidine rings is 1. The fourth-order valence-electron chi connectivity index (χ4n) is 2.03. The highest BCUT2D eigenvalue weighted by Gasteiger charge is 2.23. The molecule has 0 aromatic carbocycles. The van der Waals surface area contributed by atoms with Gasteiger partial charge in [0.2, 0.25) is 0 Å². The number of nitrogens with zero attached hydrogens (tertiary/aromatic N) is 3. The molecule has 7 heteroatoms. The number of anilines is 2. The molecular weight excluding hydrogens is 218 g/mol. The second kappa shape index (κ2) is 4.54. The molecule has 0 unspecified atom stereocenters. The van der Waals surface area contributed by atoms with Crippen LogP contribution >= 0.6 is 0 Å². The predicted octanol–water partition coefficient (Wildman–Crippen LogP) is -0.611. The lowest BCUT2D eigenvalue weighted by Crippen LogP contribution is -2.46. The number of nitrogens with one attached hydrogen (secondary N) is 1. The van der Waals surface area contributed by atoms with Crippen LogP contribution in [0.3, 0.4) is 0 Å². The first-order chi connectivity index (χ1) is 8.09. The fourth-order valence-corrected chi connectivity index (χ4v) is 2.03. The first kappa shape index (κ1) is 11.6. The third-order valence-corrected chi connectivity index (χ3v) is 2.92. The zero-order chi connectivity index (χ0) is 12.4. The van der Waals surface area contributed by atoms with Gasteiger partial charge in [-0.05, 0) is 12.8 Å². The van der Waals surface area contributed by atoms with Crippen LogP contribution in [-0.4, -0.2) is 39.8 Å². The third kappa shape index (κ3) is 2.28. The molecule has 0 spiro atoms.